The Kier molecular flexibility index (Phi) is 10.1. The Hall–Kier alpha value is -2.94. The van der Waals surface area contributed by atoms with Gasteiger partial charge in [-0.1, -0.05) is 30.9 Å². The molecule has 1 aromatic carbocycles. The summed E-state index contributed by atoms with van der Waals surface area (Å²) in [7, 11) is 0. The smallest absolute Gasteiger partial charge is 0.276 e. The first-order valence-electron chi connectivity index (χ1n) is 14.0. The van der Waals surface area contributed by atoms with E-state index in [0.29, 0.717) is 30.0 Å². The predicted octanol–water partition coefficient (Wildman–Crippen LogP) is 5.09. The molecule has 1 unspecified atom stereocenters. The number of carbonyl (C=O) groups excluding carboxylic acids is 1. The van der Waals surface area contributed by atoms with E-state index in [-0.39, 0.29) is 12.2 Å². The fourth-order valence-electron chi connectivity index (χ4n) is 5.12. The van der Waals surface area contributed by atoms with Gasteiger partial charge >= 0.3 is 0 Å². The minimum Gasteiger partial charge on any atom is -0.357 e. The molecule has 1 amide bonds. The normalized spacial score (nSPS) is 19.5. The molecule has 3 heterocycles. The highest BCUT2D eigenvalue weighted by Gasteiger charge is 2.21. The molecule has 2 fully saturated rings. The first kappa shape index (κ1) is 28.1. The highest BCUT2D eigenvalue weighted by molar-refractivity contribution is 6.11. The van der Waals surface area contributed by atoms with Gasteiger partial charge in [-0.3, -0.25) is 4.79 Å². The number of para-hydroxylation sites is 1. The largest absolute Gasteiger partial charge is 0.357 e. The molecule has 8 heteroatoms. The van der Waals surface area contributed by atoms with Gasteiger partial charge in [0, 0.05) is 62.0 Å². The Labute approximate surface area is 226 Å². The van der Waals surface area contributed by atoms with Crippen molar-refractivity contribution in [3.05, 3.63) is 60.1 Å². The van der Waals surface area contributed by atoms with E-state index in [1.165, 1.54) is 16.5 Å². The van der Waals surface area contributed by atoms with Gasteiger partial charge in [0.25, 0.3) is 5.91 Å². The standard InChI is InChI=1S/C30H43N5O3/c1-5-25(30(36)33-38-29-12-8-9-17-37-29)20-32-23(4)34-15-13-24(14-16-34)18-31-19-26-21-35(22(2)3)28-11-7-6-10-27(26)28/h5-7,10-11,20-22,24,29,31H,4,8-9,12-19H2,1-3H3,(H,33,36)/b25-5+,32-20-. The van der Waals surface area contributed by atoms with E-state index in [9.17, 15) is 4.79 Å². The van der Waals surface area contributed by atoms with Crippen LogP contribution in [-0.2, 0) is 20.9 Å². The lowest BCUT2D eigenvalue weighted by Crippen LogP contribution is -2.36. The molecule has 4 rings (SSSR count). The van der Waals surface area contributed by atoms with Gasteiger partial charge in [-0.05, 0) is 70.5 Å². The van der Waals surface area contributed by atoms with Crippen LogP contribution in [0.1, 0.15) is 64.5 Å². The molecule has 2 aliphatic heterocycles. The van der Waals surface area contributed by atoms with Gasteiger partial charge in [0.15, 0.2) is 6.29 Å². The zero-order chi connectivity index (χ0) is 26.9. The fraction of sp³-hybridized carbons (Fsp3) is 0.533. The Balaban J connectivity index is 1.19. The van der Waals surface area contributed by atoms with Crippen LogP contribution >= 0.6 is 0 Å². The first-order chi connectivity index (χ1) is 18.5. The molecule has 2 N–H and O–H groups in total. The molecule has 38 heavy (non-hydrogen) atoms. The minimum atomic E-state index is -0.381. The number of likely N-dealkylation sites (tertiary alicyclic amines) is 1. The second-order valence-corrected chi connectivity index (χ2v) is 10.5. The molecule has 2 aliphatic rings. The second-order valence-electron chi connectivity index (χ2n) is 10.5. The maximum Gasteiger partial charge on any atom is 0.276 e. The van der Waals surface area contributed by atoms with Crippen LogP contribution in [0.4, 0.5) is 0 Å². The van der Waals surface area contributed by atoms with E-state index in [1.54, 1.807) is 19.2 Å². The van der Waals surface area contributed by atoms with Crippen molar-refractivity contribution in [1.82, 2.24) is 20.3 Å². The number of rotatable bonds is 11. The molecule has 1 aromatic heterocycles. The van der Waals surface area contributed by atoms with Crippen molar-refractivity contribution in [3.8, 4) is 0 Å². The summed E-state index contributed by atoms with van der Waals surface area (Å²) in [6.45, 7) is 14.8. The van der Waals surface area contributed by atoms with E-state index >= 15 is 0 Å². The molecule has 0 aliphatic carbocycles. The molecular formula is C30H43N5O3. The lowest BCUT2D eigenvalue weighted by atomic mass is 9.97. The number of hydrogen-bond acceptors (Lipinski definition) is 6. The van der Waals surface area contributed by atoms with Crippen LogP contribution in [0.2, 0.25) is 0 Å². The van der Waals surface area contributed by atoms with Gasteiger partial charge in [0.1, 0.15) is 5.82 Å². The lowest BCUT2D eigenvalue weighted by Gasteiger charge is -2.33. The molecule has 0 bridgehead atoms. The molecular weight excluding hydrogens is 478 g/mol. The molecule has 1 atom stereocenters. The number of nitrogens with zero attached hydrogens (tertiary/aromatic N) is 3. The first-order valence-corrected chi connectivity index (χ1v) is 14.0. The Morgan fingerprint density at radius 2 is 2.03 bits per heavy atom. The van der Waals surface area contributed by atoms with Crippen molar-refractivity contribution in [2.75, 3.05) is 26.2 Å². The predicted molar refractivity (Wildman–Crippen MR) is 153 cm³/mol. The number of benzene rings is 1. The van der Waals surface area contributed by atoms with Crippen molar-refractivity contribution >= 4 is 23.0 Å². The van der Waals surface area contributed by atoms with E-state index in [1.807, 2.05) is 0 Å². The summed E-state index contributed by atoms with van der Waals surface area (Å²) < 4.78 is 7.84. The lowest BCUT2D eigenvalue weighted by molar-refractivity contribution is -0.198. The maximum atomic E-state index is 12.5. The van der Waals surface area contributed by atoms with Crippen LogP contribution in [-0.4, -0.2) is 54.1 Å². The van der Waals surface area contributed by atoms with Crippen molar-refractivity contribution in [2.24, 2.45) is 10.9 Å². The number of piperidine rings is 1. The van der Waals surface area contributed by atoms with Crippen LogP contribution in [0.3, 0.4) is 0 Å². The van der Waals surface area contributed by atoms with Gasteiger partial charge in [-0.2, -0.15) is 0 Å². The van der Waals surface area contributed by atoms with E-state index in [4.69, 9.17) is 9.57 Å². The number of amides is 1. The van der Waals surface area contributed by atoms with E-state index < -0.39 is 0 Å². The molecule has 0 spiro atoms. The SMILES string of the molecule is C=C(/N=C\C(=C/C)C(=O)NOC1CCCCO1)N1CCC(CNCc2cn(C(C)C)c3ccccc23)CC1. The minimum absolute atomic E-state index is 0.334. The zero-order valence-corrected chi connectivity index (χ0v) is 23.1. The van der Waals surface area contributed by atoms with Crippen LogP contribution in [0.15, 0.2) is 59.5 Å². The molecule has 2 aromatic rings. The third-order valence-electron chi connectivity index (χ3n) is 7.45. The number of ether oxygens (including phenoxy) is 1. The maximum absolute atomic E-state index is 12.5. The van der Waals surface area contributed by atoms with Crippen molar-refractivity contribution in [3.63, 3.8) is 0 Å². The van der Waals surface area contributed by atoms with Crippen LogP contribution < -0.4 is 10.8 Å². The highest BCUT2D eigenvalue weighted by atomic mass is 16.8. The average molecular weight is 522 g/mol. The third kappa shape index (κ3) is 7.34. The fourth-order valence-corrected chi connectivity index (χ4v) is 5.12. The van der Waals surface area contributed by atoms with Gasteiger partial charge in [-0.15, -0.1) is 0 Å². The summed E-state index contributed by atoms with van der Waals surface area (Å²) in [6, 6.07) is 9.09. The quantitative estimate of drug-likeness (QED) is 0.245. The Morgan fingerprint density at radius 3 is 2.74 bits per heavy atom. The van der Waals surface area contributed by atoms with Crippen molar-refractivity contribution in [1.29, 1.82) is 0 Å². The van der Waals surface area contributed by atoms with Crippen LogP contribution in [0.5, 0.6) is 0 Å². The second kappa shape index (κ2) is 13.7. The number of hydroxylamine groups is 1. The average Bonchev–Trinajstić information content (AvgIpc) is 3.32. The van der Waals surface area contributed by atoms with Crippen molar-refractivity contribution < 1.29 is 14.4 Å². The highest BCUT2D eigenvalue weighted by Crippen LogP contribution is 2.25. The van der Waals surface area contributed by atoms with Crippen LogP contribution in [0.25, 0.3) is 10.9 Å². The number of carbonyl (C=O) groups is 1. The van der Waals surface area contributed by atoms with Crippen LogP contribution in [0, 0.1) is 5.92 Å². The summed E-state index contributed by atoms with van der Waals surface area (Å²) in [5.74, 6) is 0.971. The van der Waals surface area contributed by atoms with E-state index in [2.05, 4.69) is 76.1 Å². The number of nitrogens with one attached hydrogen (secondary N) is 2. The summed E-state index contributed by atoms with van der Waals surface area (Å²) in [4.78, 5) is 24.5. The monoisotopic (exact) mass is 521 g/mol. The summed E-state index contributed by atoms with van der Waals surface area (Å²) >= 11 is 0. The van der Waals surface area contributed by atoms with Crippen molar-refractivity contribution in [2.45, 2.75) is 71.8 Å². The number of hydrogen-bond donors (Lipinski definition) is 2. The molecule has 0 radical (unpaired) electrons. The third-order valence-corrected chi connectivity index (χ3v) is 7.45. The number of aliphatic imine (C=N–C) groups is 1. The van der Waals surface area contributed by atoms with Gasteiger partial charge in [0.05, 0.1) is 5.57 Å². The molecule has 2 saturated heterocycles. The number of allylic oxidation sites excluding steroid dienone is 1. The molecule has 0 saturated carbocycles. The van der Waals surface area contributed by atoms with Gasteiger partial charge in [-0.25, -0.2) is 15.3 Å². The molecule has 8 nitrogen and oxygen atoms in total. The van der Waals surface area contributed by atoms with Gasteiger partial charge in [0.2, 0.25) is 0 Å². The molecule has 206 valence electrons. The Morgan fingerprint density at radius 1 is 1.24 bits per heavy atom. The zero-order valence-electron chi connectivity index (χ0n) is 23.1. The number of aromatic nitrogens is 1. The topological polar surface area (TPSA) is 80.1 Å². The summed E-state index contributed by atoms with van der Waals surface area (Å²) in [5.41, 5.74) is 5.57. The summed E-state index contributed by atoms with van der Waals surface area (Å²) in [6.07, 6.45) is 10.2. The van der Waals surface area contributed by atoms with E-state index in [0.717, 1.165) is 58.3 Å². The summed E-state index contributed by atoms with van der Waals surface area (Å²) in [5, 5.41) is 5.03. The number of fused-ring (bicyclic) bond motifs is 1. The Bertz CT molecular complexity index is 1140. The van der Waals surface area contributed by atoms with Gasteiger partial charge < -0.3 is 19.5 Å².